The SMILES string of the molecule is CCC(Sc1nc(-c2ccccc2)c(-c2ccccc2)[nH]1)C(=O)Nc1ccccc1C(N)=O. The second-order valence-corrected chi connectivity index (χ2v) is 8.60. The molecule has 4 N–H and O–H groups in total. The molecule has 1 aromatic heterocycles. The third-order valence-corrected chi connectivity index (χ3v) is 6.41. The van der Waals surface area contributed by atoms with E-state index in [-0.39, 0.29) is 11.5 Å². The number of nitrogens with two attached hydrogens (primary N) is 1. The van der Waals surface area contributed by atoms with Crippen LogP contribution >= 0.6 is 11.8 Å². The zero-order chi connectivity index (χ0) is 23.2. The lowest BCUT2D eigenvalue weighted by molar-refractivity contribution is -0.115. The van der Waals surface area contributed by atoms with Gasteiger partial charge in [-0.1, -0.05) is 91.5 Å². The summed E-state index contributed by atoms with van der Waals surface area (Å²) in [6, 6.07) is 26.7. The number of nitrogens with zero attached hydrogens (tertiary/aromatic N) is 1. The van der Waals surface area contributed by atoms with E-state index in [1.807, 2.05) is 67.6 Å². The highest BCUT2D eigenvalue weighted by Gasteiger charge is 2.23. The third-order valence-electron chi connectivity index (χ3n) is 5.16. The molecule has 6 nitrogen and oxygen atoms in total. The zero-order valence-electron chi connectivity index (χ0n) is 18.1. The van der Waals surface area contributed by atoms with Gasteiger partial charge in [-0.3, -0.25) is 9.59 Å². The molecular formula is C26H24N4O2S. The van der Waals surface area contributed by atoms with Crippen LogP contribution < -0.4 is 11.1 Å². The number of rotatable bonds is 8. The Balaban J connectivity index is 1.62. The first-order valence-corrected chi connectivity index (χ1v) is 11.5. The molecule has 0 saturated carbocycles. The first-order valence-electron chi connectivity index (χ1n) is 10.6. The Hall–Kier alpha value is -3.84. The lowest BCUT2D eigenvalue weighted by Crippen LogP contribution is -2.26. The minimum absolute atomic E-state index is 0.213. The molecule has 1 atom stereocenters. The molecule has 1 heterocycles. The summed E-state index contributed by atoms with van der Waals surface area (Å²) in [6.07, 6.45) is 0.581. The highest BCUT2D eigenvalue weighted by atomic mass is 32.2. The molecule has 0 aliphatic carbocycles. The van der Waals surface area contributed by atoms with Crippen LogP contribution in [0.1, 0.15) is 23.7 Å². The number of aromatic amines is 1. The van der Waals surface area contributed by atoms with Crippen molar-refractivity contribution in [3.63, 3.8) is 0 Å². The molecule has 7 heteroatoms. The van der Waals surface area contributed by atoms with Gasteiger partial charge >= 0.3 is 0 Å². The monoisotopic (exact) mass is 456 g/mol. The van der Waals surface area contributed by atoms with Gasteiger partial charge in [0.2, 0.25) is 5.91 Å². The number of primary amides is 1. The average molecular weight is 457 g/mol. The molecule has 1 unspecified atom stereocenters. The standard InChI is InChI=1S/C26H24N4O2S/c1-2-21(25(32)28-20-16-10-9-15-19(20)24(27)31)33-26-29-22(17-11-5-3-6-12-17)23(30-26)18-13-7-4-8-14-18/h3-16,21H,2H2,1H3,(H2,27,31)(H,28,32)(H,29,30). The number of hydrogen-bond donors (Lipinski definition) is 3. The fraction of sp³-hybridized carbons (Fsp3) is 0.115. The van der Waals surface area contributed by atoms with Crippen LogP contribution in [0.2, 0.25) is 0 Å². The van der Waals surface area contributed by atoms with Crippen molar-refractivity contribution in [2.45, 2.75) is 23.8 Å². The molecule has 33 heavy (non-hydrogen) atoms. The second kappa shape index (κ2) is 10.2. The molecule has 0 aliphatic rings. The number of carbonyl (C=O) groups excluding carboxylic acids is 2. The summed E-state index contributed by atoms with van der Waals surface area (Å²) in [5.41, 5.74) is 9.87. The largest absolute Gasteiger partial charge is 0.366 e. The maximum Gasteiger partial charge on any atom is 0.250 e. The highest BCUT2D eigenvalue weighted by Crippen LogP contribution is 2.34. The van der Waals surface area contributed by atoms with Gasteiger partial charge < -0.3 is 16.0 Å². The number of carbonyl (C=O) groups is 2. The number of hydrogen-bond acceptors (Lipinski definition) is 4. The summed E-state index contributed by atoms with van der Waals surface area (Å²) >= 11 is 1.36. The van der Waals surface area contributed by atoms with E-state index < -0.39 is 11.2 Å². The number of para-hydroxylation sites is 1. The molecule has 4 aromatic rings. The van der Waals surface area contributed by atoms with E-state index in [0.717, 1.165) is 22.5 Å². The molecule has 0 spiro atoms. The first kappa shape index (κ1) is 22.4. The van der Waals surface area contributed by atoms with Crippen molar-refractivity contribution in [3.05, 3.63) is 90.5 Å². The summed E-state index contributed by atoms with van der Waals surface area (Å²) in [7, 11) is 0. The maximum atomic E-state index is 13.0. The molecule has 2 amide bonds. The van der Waals surface area contributed by atoms with Crippen LogP contribution in [0.5, 0.6) is 0 Å². The molecule has 166 valence electrons. The van der Waals surface area contributed by atoms with Gasteiger partial charge in [0.1, 0.15) is 0 Å². The first-order chi connectivity index (χ1) is 16.1. The number of benzene rings is 3. The summed E-state index contributed by atoms with van der Waals surface area (Å²) in [4.78, 5) is 33.0. The summed E-state index contributed by atoms with van der Waals surface area (Å²) in [5, 5.41) is 3.08. The number of imidazole rings is 1. The van der Waals surface area contributed by atoms with Crippen molar-refractivity contribution in [2.75, 3.05) is 5.32 Å². The Morgan fingerprint density at radius 2 is 1.55 bits per heavy atom. The fourth-order valence-electron chi connectivity index (χ4n) is 3.50. The van der Waals surface area contributed by atoms with Crippen LogP contribution in [0.15, 0.2) is 90.1 Å². The fourth-order valence-corrected chi connectivity index (χ4v) is 4.41. The molecular weight excluding hydrogens is 432 g/mol. The van der Waals surface area contributed by atoms with Crippen LogP contribution in [0.25, 0.3) is 22.5 Å². The predicted octanol–water partition coefficient (Wildman–Crippen LogP) is 5.35. The van der Waals surface area contributed by atoms with E-state index in [0.29, 0.717) is 17.3 Å². The summed E-state index contributed by atoms with van der Waals surface area (Å²) in [5.74, 6) is -0.798. The number of thioether (sulfide) groups is 1. The van der Waals surface area contributed by atoms with Gasteiger partial charge in [0.25, 0.3) is 5.91 Å². The number of aromatic nitrogens is 2. The van der Waals surface area contributed by atoms with Gasteiger partial charge in [-0.15, -0.1) is 0 Å². The van der Waals surface area contributed by atoms with E-state index in [1.165, 1.54) is 11.8 Å². The molecule has 0 fully saturated rings. The minimum atomic E-state index is -0.586. The van der Waals surface area contributed by atoms with Crippen molar-refractivity contribution in [1.82, 2.24) is 9.97 Å². The van der Waals surface area contributed by atoms with Gasteiger partial charge in [0.05, 0.1) is 27.9 Å². The smallest absolute Gasteiger partial charge is 0.250 e. The second-order valence-electron chi connectivity index (χ2n) is 7.41. The lowest BCUT2D eigenvalue weighted by Gasteiger charge is -2.14. The number of anilines is 1. The van der Waals surface area contributed by atoms with Crippen LogP contribution in [0.3, 0.4) is 0 Å². The van der Waals surface area contributed by atoms with E-state index in [9.17, 15) is 9.59 Å². The quantitative estimate of drug-likeness (QED) is 0.311. The number of amides is 2. The Morgan fingerprint density at radius 3 is 2.18 bits per heavy atom. The van der Waals surface area contributed by atoms with E-state index in [1.54, 1.807) is 24.3 Å². The average Bonchev–Trinajstić information content (AvgIpc) is 3.28. The Labute approximate surface area is 196 Å². The lowest BCUT2D eigenvalue weighted by atomic mass is 10.1. The molecule has 3 aromatic carbocycles. The van der Waals surface area contributed by atoms with Crippen molar-refractivity contribution >= 4 is 29.3 Å². The van der Waals surface area contributed by atoms with Gasteiger partial charge in [-0.25, -0.2) is 4.98 Å². The summed E-state index contributed by atoms with van der Waals surface area (Å²) < 4.78 is 0. The normalized spacial score (nSPS) is 11.7. The zero-order valence-corrected chi connectivity index (χ0v) is 18.9. The molecule has 0 saturated heterocycles. The van der Waals surface area contributed by atoms with Gasteiger partial charge in [0, 0.05) is 11.1 Å². The van der Waals surface area contributed by atoms with Gasteiger partial charge in [-0.2, -0.15) is 0 Å². The predicted molar refractivity (Wildman–Crippen MR) is 133 cm³/mol. The van der Waals surface area contributed by atoms with Gasteiger partial charge in [-0.05, 0) is 18.6 Å². The van der Waals surface area contributed by atoms with Crippen LogP contribution in [-0.2, 0) is 4.79 Å². The molecule has 0 aliphatic heterocycles. The summed E-state index contributed by atoms with van der Waals surface area (Å²) in [6.45, 7) is 1.94. The molecule has 4 rings (SSSR count). The Morgan fingerprint density at radius 1 is 0.939 bits per heavy atom. The van der Waals surface area contributed by atoms with Crippen LogP contribution in [0.4, 0.5) is 5.69 Å². The number of H-pyrrole nitrogens is 1. The van der Waals surface area contributed by atoms with E-state index in [2.05, 4.69) is 10.3 Å². The van der Waals surface area contributed by atoms with Crippen LogP contribution in [-0.4, -0.2) is 27.0 Å². The number of nitrogens with one attached hydrogen (secondary N) is 2. The Kier molecular flexibility index (Phi) is 6.90. The minimum Gasteiger partial charge on any atom is -0.366 e. The van der Waals surface area contributed by atoms with E-state index >= 15 is 0 Å². The maximum absolute atomic E-state index is 13.0. The van der Waals surface area contributed by atoms with E-state index in [4.69, 9.17) is 10.7 Å². The third kappa shape index (κ3) is 5.15. The van der Waals surface area contributed by atoms with Crippen LogP contribution in [0, 0.1) is 0 Å². The topological polar surface area (TPSA) is 101 Å². The van der Waals surface area contributed by atoms with Crippen molar-refractivity contribution < 1.29 is 9.59 Å². The van der Waals surface area contributed by atoms with Gasteiger partial charge in [0.15, 0.2) is 5.16 Å². The van der Waals surface area contributed by atoms with Crippen molar-refractivity contribution in [3.8, 4) is 22.5 Å². The van der Waals surface area contributed by atoms with Crippen molar-refractivity contribution in [2.24, 2.45) is 5.73 Å². The highest BCUT2D eigenvalue weighted by molar-refractivity contribution is 8.00. The molecule has 0 radical (unpaired) electrons. The Bertz CT molecular complexity index is 1200. The molecule has 0 bridgehead atoms. The van der Waals surface area contributed by atoms with Crippen molar-refractivity contribution in [1.29, 1.82) is 0 Å².